The number of amides is 3. The minimum Gasteiger partial charge on any atom is -0.359 e. The summed E-state index contributed by atoms with van der Waals surface area (Å²) in [6, 6.07) is 10.4. The molecule has 31 heavy (non-hydrogen) atoms. The van der Waals surface area contributed by atoms with Gasteiger partial charge >= 0.3 is 0 Å². The van der Waals surface area contributed by atoms with E-state index in [0.717, 1.165) is 12.5 Å². The summed E-state index contributed by atoms with van der Waals surface area (Å²) in [7, 11) is 0. The van der Waals surface area contributed by atoms with E-state index in [1.165, 1.54) is 4.90 Å². The van der Waals surface area contributed by atoms with Gasteiger partial charge in [-0.2, -0.15) is 5.26 Å². The van der Waals surface area contributed by atoms with Crippen LogP contribution in [0, 0.1) is 23.2 Å². The lowest BCUT2D eigenvalue weighted by Crippen LogP contribution is -2.38. The van der Waals surface area contributed by atoms with Crippen molar-refractivity contribution < 1.29 is 14.4 Å². The second-order valence-electron chi connectivity index (χ2n) is 8.07. The van der Waals surface area contributed by atoms with E-state index in [9.17, 15) is 19.6 Å². The van der Waals surface area contributed by atoms with E-state index < -0.39 is 6.04 Å². The van der Waals surface area contributed by atoms with Crippen molar-refractivity contribution in [3.63, 3.8) is 0 Å². The van der Waals surface area contributed by atoms with E-state index in [-0.39, 0.29) is 36.7 Å². The molecule has 3 amide bonds. The molecule has 8 nitrogen and oxygen atoms in total. The maximum absolute atomic E-state index is 12.3. The molecule has 172 valence electrons. The minimum atomic E-state index is -0.558. The Kier molecular flexibility index (Phi) is 14.4. The lowest BCUT2D eigenvalue weighted by atomic mass is 10.1. The van der Waals surface area contributed by atoms with Gasteiger partial charge in [-0.1, -0.05) is 39.0 Å². The summed E-state index contributed by atoms with van der Waals surface area (Å²) in [5, 5.41) is 14.5. The Labute approximate surface area is 186 Å². The number of nitrogens with two attached hydrogens (primary N) is 1. The number of para-hydroxylation sites is 1. The fourth-order valence-electron chi connectivity index (χ4n) is 2.67. The number of benzene rings is 1. The molecule has 1 aromatic carbocycles. The molecule has 8 heteroatoms. The van der Waals surface area contributed by atoms with Crippen LogP contribution in [0.25, 0.3) is 0 Å². The van der Waals surface area contributed by atoms with Gasteiger partial charge in [0.25, 0.3) is 0 Å². The Morgan fingerprint density at radius 2 is 1.84 bits per heavy atom. The van der Waals surface area contributed by atoms with Crippen LogP contribution in [0.5, 0.6) is 0 Å². The molecule has 1 aliphatic rings. The predicted molar refractivity (Wildman–Crippen MR) is 123 cm³/mol. The van der Waals surface area contributed by atoms with E-state index in [0.29, 0.717) is 18.5 Å². The zero-order chi connectivity index (χ0) is 23.8. The van der Waals surface area contributed by atoms with Crippen LogP contribution in [0.2, 0.25) is 0 Å². The number of nitrogens with zero attached hydrogens (tertiary/aromatic N) is 2. The highest BCUT2D eigenvalue weighted by molar-refractivity contribution is 5.93. The standard InChI is InChI=1S/C16H20N4O2.C4H10.C3H7NO/c1-11(18)7-15(21)20-10-12(8-14(20)9-17)16(22)19-13-5-3-2-4-6-13;1-4(2)3;1-2-4-3-5/h2-6,11-12,14H,7-8,10,18H2,1H3,(H,19,22);4H,1-3H3;3H,2H2,1H3,(H,4,5). The van der Waals surface area contributed by atoms with E-state index >= 15 is 0 Å². The third-order valence-electron chi connectivity index (χ3n) is 3.97. The normalized spacial score (nSPS) is 17.8. The molecular weight excluding hydrogens is 394 g/mol. The Bertz CT molecular complexity index is 698. The maximum Gasteiger partial charge on any atom is 0.229 e. The molecular formula is C23H37N5O3. The largest absolute Gasteiger partial charge is 0.359 e. The Balaban J connectivity index is 0.000000846. The molecule has 3 unspecified atom stereocenters. The quantitative estimate of drug-likeness (QED) is 0.596. The monoisotopic (exact) mass is 431 g/mol. The molecule has 0 saturated carbocycles. The van der Waals surface area contributed by atoms with Crippen LogP contribution < -0.4 is 16.4 Å². The first kappa shape index (κ1) is 28.1. The van der Waals surface area contributed by atoms with Gasteiger partial charge in [0.15, 0.2) is 0 Å². The second-order valence-corrected chi connectivity index (χ2v) is 8.07. The van der Waals surface area contributed by atoms with Gasteiger partial charge in [-0.15, -0.1) is 0 Å². The Hall–Kier alpha value is -2.92. The maximum atomic E-state index is 12.3. The summed E-state index contributed by atoms with van der Waals surface area (Å²) in [6.07, 6.45) is 1.23. The number of carbonyl (C=O) groups excluding carboxylic acids is 3. The van der Waals surface area contributed by atoms with Gasteiger partial charge < -0.3 is 21.3 Å². The molecule has 0 spiro atoms. The van der Waals surface area contributed by atoms with Crippen molar-refractivity contribution in [1.82, 2.24) is 10.2 Å². The van der Waals surface area contributed by atoms with Gasteiger partial charge in [0.2, 0.25) is 18.2 Å². The van der Waals surface area contributed by atoms with E-state index in [1.54, 1.807) is 19.1 Å². The lowest BCUT2D eigenvalue weighted by Gasteiger charge is -2.20. The van der Waals surface area contributed by atoms with Crippen LogP contribution in [0.4, 0.5) is 5.69 Å². The van der Waals surface area contributed by atoms with E-state index in [4.69, 9.17) is 5.73 Å². The molecule has 2 rings (SSSR count). The van der Waals surface area contributed by atoms with Crippen molar-refractivity contribution in [3.8, 4) is 6.07 Å². The highest BCUT2D eigenvalue weighted by Crippen LogP contribution is 2.25. The molecule has 1 aromatic rings. The van der Waals surface area contributed by atoms with Crippen LogP contribution in [-0.2, 0) is 14.4 Å². The van der Waals surface area contributed by atoms with Crippen LogP contribution in [0.15, 0.2) is 30.3 Å². The molecule has 0 bridgehead atoms. The van der Waals surface area contributed by atoms with Crippen LogP contribution in [0.1, 0.15) is 47.5 Å². The molecule has 0 radical (unpaired) electrons. The fourth-order valence-corrected chi connectivity index (χ4v) is 2.67. The van der Waals surface area contributed by atoms with E-state index in [1.807, 2.05) is 25.1 Å². The summed E-state index contributed by atoms with van der Waals surface area (Å²) in [5.41, 5.74) is 6.34. The zero-order valence-corrected chi connectivity index (χ0v) is 19.3. The van der Waals surface area contributed by atoms with Crippen molar-refractivity contribution >= 4 is 23.9 Å². The molecule has 4 N–H and O–H groups in total. The number of likely N-dealkylation sites (tertiary alicyclic amines) is 1. The number of nitrogens with one attached hydrogen (secondary N) is 2. The first-order valence-electron chi connectivity index (χ1n) is 10.6. The van der Waals surface area contributed by atoms with Crippen molar-refractivity contribution in [2.45, 2.75) is 59.5 Å². The third-order valence-corrected chi connectivity index (χ3v) is 3.97. The van der Waals surface area contributed by atoms with Gasteiger partial charge in [0.05, 0.1) is 12.0 Å². The summed E-state index contributed by atoms with van der Waals surface area (Å²) in [5.74, 6) is 0.126. The molecule has 1 fully saturated rings. The molecule has 1 saturated heterocycles. The molecule has 0 aromatic heterocycles. The molecule has 3 atom stereocenters. The predicted octanol–water partition coefficient (Wildman–Crippen LogP) is 2.52. The van der Waals surface area contributed by atoms with Gasteiger partial charge in [0, 0.05) is 31.2 Å². The molecule has 1 heterocycles. The van der Waals surface area contributed by atoms with Crippen molar-refractivity contribution in [2.75, 3.05) is 18.4 Å². The van der Waals surface area contributed by atoms with Gasteiger partial charge in [0.1, 0.15) is 6.04 Å². The lowest BCUT2D eigenvalue weighted by molar-refractivity contribution is -0.131. The third kappa shape index (κ3) is 12.4. The highest BCUT2D eigenvalue weighted by Gasteiger charge is 2.38. The first-order chi connectivity index (χ1) is 14.7. The van der Waals surface area contributed by atoms with Gasteiger partial charge in [-0.3, -0.25) is 14.4 Å². The van der Waals surface area contributed by atoms with Crippen LogP contribution in [0.3, 0.4) is 0 Å². The van der Waals surface area contributed by atoms with E-state index in [2.05, 4.69) is 37.5 Å². The Morgan fingerprint density at radius 3 is 2.26 bits per heavy atom. The first-order valence-corrected chi connectivity index (χ1v) is 10.6. The average Bonchev–Trinajstić information content (AvgIpc) is 3.14. The summed E-state index contributed by atoms with van der Waals surface area (Å²) < 4.78 is 0. The van der Waals surface area contributed by atoms with Crippen LogP contribution in [-0.4, -0.2) is 48.3 Å². The zero-order valence-electron chi connectivity index (χ0n) is 19.3. The second kappa shape index (κ2) is 15.9. The van der Waals surface area contributed by atoms with Crippen molar-refractivity contribution in [2.24, 2.45) is 17.6 Å². The SMILES string of the molecule is CC(C)C.CC(N)CC(=O)N1CC(C(=O)Nc2ccccc2)CC1C#N.CCNC=O. The van der Waals surface area contributed by atoms with Gasteiger partial charge in [-0.25, -0.2) is 0 Å². The summed E-state index contributed by atoms with van der Waals surface area (Å²) in [4.78, 5) is 35.2. The van der Waals surface area contributed by atoms with Crippen molar-refractivity contribution in [3.05, 3.63) is 30.3 Å². The molecule has 0 aliphatic carbocycles. The summed E-state index contributed by atoms with van der Waals surface area (Å²) in [6.45, 7) is 11.1. The van der Waals surface area contributed by atoms with Crippen molar-refractivity contribution in [1.29, 1.82) is 5.26 Å². The van der Waals surface area contributed by atoms with Gasteiger partial charge in [-0.05, 0) is 38.3 Å². The number of nitriles is 1. The summed E-state index contributed by atoms with van der Waals surface area (Å²) >= 11 is 0. The number of anilines is 1. The number of rotatable bonds is 6. The molecule has 1 aliphatic heterocycles. The number of carbonyl (C=O) groups is 3. The topological polar surface area (TPSA) is 128 Å². The van der Waals surface area contributed by atoms with Crippen LogP contribution >= 0.6 is 0 Å². The fraction of sp³-hybridized carbons (Fsp3) is 0.565. The minimum absolute atomic E-state index is 0.164. The number of hydrogen-bond acceptors (Lipinski definition) is 5. The highest BCUT2D eigenvalue weighted by atomic mass is 16.2. The smallest absolute Gasteiger partial charge is 0.229 e. The average molecular weight is 432 g/mol. The number of hydrogen-bond donors (Lipinski definition) is 3. The Morgan fingerprint density at radius 1 is 1.26 bits per heavy atom.